The Morgan fingerprint density at radius 3 is 2.41 bits per heavy atom. The molecule has 0 saturated carbocycles. The lowest BCUT2D eigenvalue weighted by molar-refractivity contribution is -0.150. The second kappa shape index (κ2) is 4.89. The molecule has 4 nitrogen and oxygen atoms in total. The van der Waals surface area contributed by atoms with E-state index in [1.165, 1.54) is 24.3 Å². The molecule has 0 N–H and O–H groups in total. The molecule has 0 aromatic heterocycles. The summed E-state index contributed by atoms with van der Waals surface area (Å²) < 4.78 is 18.4. The number of esters is 1. The van der Waals surface area contributed by atoms with Gasteiger partial charge < -0.3 is 10.3 Å². The molecule has 0 radical (unpaired) electrons. The summed E-state index contributed by atoms with van der Waals surface area (Å²) in [6.07, 6.45) is 0. The molecule has 17 heavy (non-hydrogen) atoms. The highest BCUT2D eigenvalue weighted by atomic mass is 19.1. The first-order chi connectivity index (χ1) is 7.85. The first-order valence-electron chi connectivity index (χ1n) is 5.05. The van der Waals surface area contributed by atoms with Crippen LogP contribution in [0.1, 0.15) is 26.3 Å². The number of hydrogen-bond acceptors (Lipinski definition) is 2. The summed E-state index contributed by atoms with van der Waals surface area (Å²) in [6, 6.07) is 5.52. The Morgan fingerprint density at radius 1 is 1.35 bits per heavy atom. The molecule has 5 heteroatoms. The summed E-state index contributed by atoms with van der Waals surface area (Å²) in [5.74, 6) is -1.52. The number of rotatable bonds is 2. The molecule has 0 unspecified atom stereocenters. The second-order valence-electron chi connectivity index (χ2n) is 4.43. The maximum Gasteiger partial charge on any atom is 0.422 e. The maximum atomic E-state index is 13.4. The van der Waals surface area contributed by atoms with Gasteiger partial charge in [0.2, 0.25) is 0 Å². The average molecular weight is 236 g/mol. The topological polar surface area (TPSA) is 62.7 Å². The minimum absolute atomic E-state index is 0.0933. The van der Waals surface area contributed by atoms with E-state index in [0.717, 1.165) is 0 Å². The van der Waals surface area contributed by atoms with Gasteiger partial charge in [-0.15, -0.1) is 0 Å². The maximum absolute atomic E-state index is 13.4. The van der Waals surface area contributed by atoms with Crippen molar-refractivity contribution in [2.45, 2.75) is 26.4 Å². The molecule has 1 aromatic carbocycles. The molecule has 0 atom stereocenters. The molecular weight excluding hydrogens is 223 g/mol. The molecular formula is C12H13FN2O2. The lowest BCUT2D eigenvalue weighted by Gasteiger charge is -2.17. The number of carbonyl (C=O) groups excluding carboxylic acids is 1. The van der Waals surface area contributed by atoms with Gasteiger partial charge in [0.15, 0.2) is 0 Å². The van der Waals surface area contributed by atoms with Crippen molar-refractivity contribution in [1.82, 2.24) is 0 Å². The SMILES string of the molecule is CC(C)(C)OC(=O)C(=[N+]=[N-])c1ccccc1F. The van der Waals surface area contributed by atoms with Gasteiger partial charge in [0.25, 0.3) is 0 Å². The normalized spacial score (nSPS) is 10.6. The second-order valence-corrected chi connectivity index (χ2v) is 4.43. The minimum atomic E-state index is -0.870. The number of ether oxygens (including phenoxy) is 1. The molecule has 90 valence electrons. The molecule has 0 amide bonds. The van der Waals surface area contributed by atoms with Crippen molar-refractivity contribution in [2.24, 2.45) is 0 Å². The Labute approximate surface area is 98.6 Å². The van der Waals surface area contributed by atoms with Crippen LogP contribution in [0.25, 0.3) is 5.53 Å². The van der Waals surface area contributed by atoms with E-state index in [1.807, 2.05) is 0 Å². The van der Waals surface area contributed by atoms with Crippen LogP contribution in [0, 0.1) is 5.82 Å². The summed E-state index contributed by atoms with van der Waals surface area (Å²) >= 11 is 0. The van der Waals surface area contributed by atoms with E-state index in [1.54, 1.807) is 20.8 Å². The van der Waals surface area contributed by atoms with Crippen LogP contribution >= 0.6 is 0 Å². The van der Waals surface area contributed by atoms with Gasteiger partial charge in [-0.1, -0.05) is 12.1 Å². The van der Waals surface area contributed by atoms with Crippen LogP contribution in [0.15, 0.2) is 24.3 Å². The lowest BCUT2D eigenvalue weighted by atomic mass is 10.1. The fourth-order valence-corrected chi connectivity index (χ4v) is 1.18. The Hall–Kier alpha value is -2.00. The van der Waals surface area contributed by atoms with Crippen LogP contribution in [0.2, 0.25) is 0 Å². The molecule has 0 spiro atoms. The van der Waals surface area contributed by atoms with Gasteiger partial charge in [0, 0.05) is 0 Å². The zero-order valence-electron chi connectivity index (χ0n) is 9.90. The first-order valence-corrected chi connectivity index (χ1v) is 5.05. The number of halogens is 1. The number of benzene rings is 1. The predicted octanol–water partition coefficient (Wildman–Crippen LogP) is 2.19. The molecule has 0 aliphatic rings. The molecule has 0 heterocycles. The van der Waals surface area contributed by atoms with E-state index in [2.05, 4.69) is 4.79 Å². The molecule has 1 rings (SSSR count). The summed E-state index contributed by atoms with van der Waals surface area (Å²) in [6.45, 7) is 5.00. The van der Waals surface area contributed by atoms with Gasteiger partial charge in [-0.2, -0.15) is 4.79 Å². The van der Waals surface area contributed by atoms with Crippen LogP contribution in [-0.2, 0) is 9.53 Å². The summed E-state index contributed by atoms with van der Waals surface area (Å²) in [5, 5.41) is 0. The Kier molecular flexibility index (Phi) is 3.76. The highest BCUT2D eigenvalue weighted by Crippen LogP contribution is 2.12. The van der Waals surface area contributed by atoms with Gasteiger partial charge in [-0.05, 0) is 32.9 Å². The highest BCUT2D eigenvalue weighted by molar-refractivity contribution is 6.40. The molecule has 1 aromatic rings. The van der Waals surface area contributed by atoms with Crippen LogP contribution in [-0.4, -0.2) is 22.1 Å². The van der Waals surface area contributed by atoms with Crippen molar-refractivity contribution >= 4 is 11.7 Å². The summed E-state index contributed by atoms with van der Waals surface area (Å²) in [4.78, 5) is 14.5. The van der Waals surface area contributed by atoms with Crippen LogP contribution in [0.4, 0.5) is 4.39 Å². The van der Waals surface area contributed by atoms with Gasteiger partial charge in [-0.25, -0.2) is 9.18 Å². The average Bonchev–Trinajstić information content (AvgIpc) is 2.19. The predicted molar refractivity (Wildman–Crippen MR) is 60.0 cm³/mol. The van der Waals surface area contributed by atoms with Gasteiger partial charge in [0.1, 0.15) is 17.0 Å². The van der Waals surface area contributed by atoms with Crippen molar-refractivity contribution in [3.8, 4) is 0 Å². The third kappa shape index (κ3) is 3.50. The molecule has 0 aliphatic carbocycles. The third-order valence-electron chi connectivity index (χ3n) is 1.82. The fraction of sp³-hybridized carbons (Fsp3) is 0.333. The van der Waals surface area contributed by atoms with Crippen molar-refractivity contribution in [3.05, 3.63) is 41.2 Å². The van der Waals surface area contributed by atoms with E-state index in [4.69, 9.17) is 10.3 Å². The minimum Gasteiger partial charge on any atom is -0.451 e. The number of hydrogen-bond donors (Lipinski definition) is 0. The molecule has 0 bridgehead atoms. The third-order valence-corrected chi connectivity index (χ3v) is 1.82. The monoisotopic (exact) mass is 236 g/mol. The fourth-order valence-electron chi connectivity index (χ4n) is 1.18. The molecule has 0 saturated heterocycles. The molecule has 0 fully saturated rings. The number of carbonyl (C=O) groups is 1. The van der Waals surface area contributed by atoms with Crippen molar-refractivity contribution < 1.29 is 18.7 Å². The first kappa shape index (κ1) is 13.1. The van der Waals surface area contributed by atoms with Crippen molar-refractivity contribution in [3.63, 3.8) is 0 Å². The quantitative estimate of drug-likeness (QED) is 0.342. The summed E-state index contributed by atoms with van der Waals surface area (Å²) in [5.41, 5.74) is 7.51. The Balaban J connectivity index is 3.07. The Bertz CT molecular complexity index is 486. The van der Waals surface area contributed by atoms with Crippen LogP contribution in [0.3, 0.4) is 0 Å². The largest absolute Gasteiger partial charge is 0.451 e. The van der Waals surface area contributed by atoms with Crippen molar-refractivity contribution in [2.75, 3.05) is 0 Å². The number of nitrogens with zero attached hydrogens (tertiary/aromatic N) is 2. The van der Waals surface area contributed by atoms with E-state index < -0.39 is 23.1 Å². The van der Waals surface area contributed by atoms with E-state index in [-0.39, 0.29) is 5.56 Å². The summed E-state index contributed by atoms with van der Waals surface area (Å²) in [7, 11) is 0. The van der Waals surface area contributed by atoms with Gasteiger partial charge >= 0.3 is 11.7 Å². The van der Waals surface area contributed by atoms with Crippen molar-refractivity contribution in [1.29, 1.82) is 0 Å². The standard InChI is InChI=1S/C12H13FN2O2/c1-12(2,3)17-11(16)10(15-14)8-6-4-5-7-9(8)13/h4-7H,1-3H3. The highest BCUT2D eigenvalue weighted by Gasteiger charge is 2.31. The van der Waals surface area contributed by atoms with E-state index in [0.29, 0.717) is 0 Å². The van der Waals surface area contributed by atoms with Crippen LogP contribution < -0.4 is 0 Å². The van der Waals surface area contributed by atoms with E-state index in [9.17, 15) is 9.18 Å². The zero-order chi connectivity index (χ0) is 13.1. The molecule has 0 aliphatic heterocycles. The smallest absolute Gasteiger partial charge is 0.422 e. The lowest BCUT2D eigenvalue weighted by Crippen LogP contribution is -2.30. The van der Waals surface area contributed by atoms with Crippen LogP contribution in [0.5, 0.6) is 0 Å². The zero-order valence-corrected chi connectivity index (χ0v) is 9.90. The van der Waals surface area contributed by atoms with Gasteiger partial charge in [-0.3, -0.25) is 0 Å². The van der Waals surface area contributed by atoms with Gasteiger partial charge in [0.05, 0.1) is 0 Å². The Morgan fingerprint density at radius 2 is 1.94 bits per heavy atom. The van der Waals surface area contributed by atoms with E-state index >= 15 is 0 Å².